The summed E-state index contributed by atoms with van der Waals surface area (Å²) in [5, 5.41) is 5.89. The largest absolute Gasteiger partial charge is 0.496 e. The molecule has 0 fully saturated rings. The molecule has 1 heterocycles. The minimum atomic E-state index is -0.210. The molecule has 2 N–H and O–H groups in total. The summed E-state index contributed by atoms with van der Waals surface area (Å²) in [5.74, 6) is 0.587. The third-order valence-corrected chi connectivity index (χ3v) is 3.85. The van der Waals surface area contributed by atoms with Crippen molar-refractivity contribution in [3.8, 4) is 5.75 Å². The van der Waals surface area contributed by atoms with Crippen LogP contribution in [0.4, 0.5) is 0 Å². The van der Waals surface area contributed by atoms with E-state index in [0.29, 0.717) is 25.2 Å². The molecule has 1 aromatic heterocycles. The van der Waals surface area contributed by atoms with E-state index in [1.807, 2.05) is 50.4 Å². The van der Waals surface area contributed by atoms with E-state index in [0.717, 1.165) is 28.1 Å². The van der Waals surface area contributed by atoms with E-state index >= 15 is 0 Å². The summed E-state index contributed by atoms with van der Waals surface area (Å²) < 4.78 is 5.36. The SMILES string of the molecule is C=C(NCc1ccc(C)cc1OC)C(=O)NCCc1ccc(C)cn1. The molecule has 0 spiro atoms. The maximum absolute atomic E-state index is 12.1. The molecular formula is C20H25N3O2. The molecule has 0 aliphatic carbocycles. The number of hydrogen-bond acceptors (Lipinski definition) is 4. The molecule has 1 amide bonds. The topological polar surface area (TPSA) is 63.2 Å². The molecule has 0 aliphatic heterocycles. The highest BCUT2D eigenvalue weighted by Crippen LogP contribution is 2.19. The summed E-state index contributed by atoms with van der Waals surface area (Å²) in [6.45, 7) is 8.81. The van der Waals surface area contributed by atoms with Gasteiger partial charge in [0.2, 0.25) is 0 Å². The first kappa shape index (κ1) is 18.5. The van der Waals surface area contributed by atoms with E-state index in [1.165, 1.54) is 0 Å². The minimum absolute atomic E-state index is 0.210. The number of amides is 1. The zero-order chi connectivity index (χ0) is 18.2. The lowest BCUT2D eigenvalue weighted by Crippen LogP contribution is -2.32. The number of carbonyl (C=O) groups is 1. The Labute approximate surface area is 149 Å². The first-order valence-corrected chi connectivity index (χ1v) is 8.25. The molecule has 0 unspecified atom stereocenters. The lowest BCUT2D eigenvalue weighted by molar-refractivity contribution is -0.117. The summed E-state index contributed by atoms with van der Waals surface area (Å²) in [5.41, 5.74) is 4.51. The van der Waals surface area contributed by atoms with Gasteiger partial charge in [-0.05, 0) is 37.1 Å². The highest BCUT2D eigenvalue weighted by molar-refractivity contribution is 5.92. The minimum Gasteiger partial charge on any atom is -0.496 e. The Morgan fingerprint density at radius 3 is 2.60 bits per heavy atom. The van der Waals surface area contributed by atoms with Crippen LogP contribution < -0.4 is 15.4 Å². The maximum atomic E-state index is 12.1. The number of nitrogens with one attached hydrogen (secondary N) is 2. The molecule has 0 aliphatic rings. The predicted molar refractivity (Wildman–Crippen MR) is 99.4 cm³/mol. The van der Waals surface area contributed by atoms with Gasteiger partial charge in [0.05, 0.1) is 12.8 Å². The van der Waals surface area contributed by atoms with Crippen LogP contribution in [0, 0.1) is 13.8 Å². The average molecular weight is 339 g/mol. The Balaban J connectivity index is 1.78. The summed E-state index contributed by atoms with van der Waals surface area (Å²) in [6, 6.07) is 9.94. The number of methoxy groups -OCH3 is 1. The number of hydrogen-bond donors (Lipinski definition) is 2. The van der Waals surface area contributed by atoms with Gasteiger partial charge in [-0.15, -0.1) is 0 Å². The smallest absolute Gasteiger partial charge is 0.266 e. The Bertz CT molecular complexity index is 739. The van der Waals surface area contributed by atoms with Crippen molar-refractivity contribution < 1.29 is 9.53 Å². The van der Waals surface area contributed by atoms with Crippen molar-refractivity contribution in [1.82, 2.24) is 15.6 Å². The second kappa shape index (κ2) is 8.87. The average Bonchev–Trinajstić information content (AvgIpc) is 2.61. The number of nitrogens with zero attached hydrogens (tertiary/aromatic N) is 1. The Morgan fingerprint density at radius 1 is 1.16 bits per heavy atom. The monoisotopic (exact) mass is 339 g/mol. The van der Waals surface area contributed by atoms with E-state index in [-0.39, 0.29) is 5.91 Å². The van der Waals surface area contributed by atoms with Gasteiger partial charge >= 0.3 is 0 Å². The van der Waals surface area contributed by atoms with Crippen molar-refractivity contribution in [2.24, 2.45) is 0 Å². The number of carbonyl (C=O) groups excluding carboxylic acids is 1. The third kappa shape index (κ3) is 5.64. The van der Waals surface area contributed by atoms with Crippen molar-refractivity contribution in [1.29, 1.82) is 0 Å². The fourth-order valence-corrected chi connectivity index (χ4v) is 2.34. The van der Waals surface area contributed by atoms with Crippen molar-refractivity contribution in [3.63, 3.8) is 0 Å². The number of aromatic nitrogens is 1. The molecule has 132 valence electrons. The summed E-state index contributed by atoms with van der Waals surface area (Å²) in [7, 11) is 1.64. The lowest BCUT2D eigenvalue weighted by atomic mass is 10.1. The Kier molecular flexibility index (Phi) is 6.57. The lowest BCUT2D eigenvalue weighted by Gasteiger charge is -2.13. The number of pyridine rings is 1. The summed E-state index contributed by atoms with van der Waals surface area (Å²) in [4.78, 5) is 16.4. The molecule has 5 nitrogen and oxygen atoms in total. The Morgan fingerprint density at radius 2 is 1.92 bits per heavy atom. The van der Waals surface area contributed by atoms with E-state index in [1.54, 1.807) is 7.11 Å². The van der Waals surface area contributed by atoms with Crippen LogP contribution in [0.3, 0.4) is 0 Å². The highest BCUT2D eigenvalue weighted by Gasteiger charge is 2.08. The van der Waals surface area contributed by atoms with Crippen LogP contribution in [0.5, 0.6) is 5.75 Å². The zero-order valence-corrected chi connectivity index (χ0v) is 15.1. The molecule has 25 heavy (non-hydrogen) atoms. The van der Waals surface area contributed by atoms with Crippen LogP contribution in [0.25, 0.3) is 0 Å². The fraction of sp³-hybridized carbons (Fsp3) is 0.300. The van der Waals surface area contributed by atoms with Gasteiger partial charge in [-0.3, -0.25) is 9.78 Å². The van der Waals surface area contributed by atoms with E-state index in [4.69, 9.17) is 4.74 Å². The van der Waals surface area contributed by atoms with Crippen LogP contribution in [0.1, 0.15) is 22.4 Å². The van der Waals surface area contributed by atoms with Gasteiger partial charge in [0.15, 0.2) is 0 Å². The van der Waals surface area contributed by atoms with Crippen LogP contribution in [-0.2, 0) is 17.8 Å². The standard InChI is InChI=1S/C20H25N3O2/c1-14-5-7-17(19(11-14)25-4)13-22-16(3)20(24)21-10-9-18-8-6-15(2)12-23-18/h5-8,11-12,22H,3,9-10,13H2,1-2,4H3,(H,21,24). The number of benzene rings is 1. The molecule has 0 saturated carbocycles. The number of ether oxygens (including phenoxy) is 1. The van der Waals surface area contributed by atoms with Gasteiger partial charge in [-0.2, -0.15) is 0 Å². The maximum Gasteiger partial charge on any atom is 0.266 e. The molecule has 0 saturated heterocycles. The van der Waals surface area contributed by atoms with Crippen LogP contribution >= 0.6 is 0 Å². The van der Waals surface area contributed by atoms with Gasteiger partial charge in [0.1, 0.15) is 5.75 Å². The molecular weight excluding hydrogens is 314 g/mol. The summed E-state index contributed by atoms with van der Waals surface area (Å²) >= 11 is 0. The third-order valence-electron chi connectivity index (χ3n) is 3.85. The highest BCUT2D eigenvalue weighted by atomic mass is 16.5. The van der Waals surface area contributed by atoms with Crippen LogP contribution in [0.2, 0.25) is 0 Å². The first-order valence-electron chi connectivity index (χ1n) is 8.25. The predicted octanol–water partition coefficient (Wildman–Crippen LogP) is 2.67. The molecule has 0 radical (unpaired) electrons. The second-order valence-electron chi connectivity index (χ2n) is 5.98. The van der Waals surface area contributed by atoms with E-state index in [9.17, 15) is 4.79 Å². The fourth-order valence-electron chi connectivity index (χ4n) is 2.34. The van der Waals surface area contributed by atoms with Crippen LogP contribution in [0.15, 0.2) is 48.8 Å². The van der Waals surface area contributed by atoms with Gasteiger partial charge in [0.25, 0.3) is 5.91 Å². The van der Waals surface area contributed by atoms with Crippen molar-refractivity contribution in [3.05, 3.63) is 71.2 Å². The Hall–Kier alpha value is -2.82. The van der Waals surface area contributed by atoms with Gasteiger partial charge in [-0.1, -0.05) is 24.8 Å². The zero-order valence-electron chi connectivity index (χ0n) is 15.1. The van der Waals surface area contributed by atoms with Crippen molar-refractivity contribution >= 4 is 5.91 Å². The van der Waals surface area contributed by atoms with Gasteiger partial charge in [-0.25, -0.2) is 0 Å². The van der Waals surface area contributed by atoms with E-state index < -0.39 is 0 Å². The molecule has 2 aromatic rings. The molecule has 0 bridgehead atoms. The first-order chi connectivity index (χ1) is 12.0. The van der Waals surface area contributed by atoms with Crippen molar-refractivity contribution in [2.75, 3.05) is 13.7 Å². The quantitative estimate of drug-likeness (QED) is 0.726. The van der Waals surface area contributed by atoms with Gasteiger partial charge in [0, 0.05) is 37.0 Å². The molecule has 0 atom stereocenters. The molecule has 2 rings (SSSR count). The molecule has 1 aromatic carbocycles. The summed E-state index contributed by atoms with van der Waals surface area (Å²) in [6.07, 6.45) is 2.51. The second-order valence-corrected chi connectivity index (χ2v) is 5.98. The number of rotatable bonds is 8. The normalized spacial score (nSPS) is 10.2. The molecule has 5 heteroatoms. The van der Waals surface area contributed by atoms with E-state index in [2.05, 4.69) is 22.2 Å². The van der Waals surface area contributed by atoms with Crippen molar-refractivity contribution in [2.45, 2.75) is 26.8 Å². The number of aryl methyl sites for hydroxylation is 2. The van der Waals surface area contributed by atoms with Crippen LogP contribution in [-0.4, -0.2) is 24.5 Å². The van der Waals surface area contributed by atoms with Gasteiger partial charge < -0.3 is 15.4 Å².